The predicted molar refractivity (Wildman–Crippen MR) is 25.8 cm³/mol. The molecule has 0 aliphatic rings. The molecular weight excluding hydrogens is 120 g/mol. The van der Waals surface area contributed by atoms with Gasteiger partial charge in [0.1, 0.15) is 18.8 Å². The first-order valence-electron chi connectivity index (χ1n) is 1.39. The van der Waals surface area contributed by atoms with Crippen LogP contribution in [0.5, 0.6) is 0 Å². The zero-order chi connectivity index (χ0) is 4.50. The SMILES string of the molecule is C[S+](C)(C)=O.[Cl-]. The Morgan fingerprint density at radius 1 is 1.17 bits per heavy atom. The average Bonchev–Trinajstić information content (AvgIpc) is 0.722. The van der Waals surface area contributed by atoms with Crippen molar-refractivity contribution in [1.29, 1.82) is 0 Å². The molecule has 0 fully saturated rings. The Labute approximate surface area is 46.0 Å². The molecule has 0 radical (unpaired) electrons. The molecular formula is C3H9ClOS. The Kier molecular flexibility index (Phi) is 4.17. The fraction of sp³-hybridized carbons (Fsp3) is 1.00. The van der Waals surface area contributed by atoms with E-state index in [2.05, 4.69) is 0 Å². The van der Waals surface area contributed by atoms with Gasteiger partial charge in [-0.3, -0.25) is 0 Å². The Bertz CT molecular complexity index is 56.9. The second-order valence-electron chi connectivity index (χ2n) is 1.72. The van der Waals surface area contributed by atoms with Crippen LogP contribution < -0.4 is 12.4 Å². The molecule has 0 aromatic rings. The van der Waals surface area contributed by atoms with E-state index in [1.807, 2.05) is 0 Å². The first-order chi connectivity index (χ1) is 2.00. The molecule has 1 nitrogen and oxygen atoms in total. The monoisotopic (exact) mass is 128 g/mol. The lowest BCUT2D eigenvalue weighted by Gasteiger charge is -1.80. The molecule has 0 rings (SSSR count). The second-order valence-corrected chi connectivity index (χ2v) is 5.17. The summed E-state index contributed by atoms with van der Waals surface area (Å²) in [6.45, 7) is 0. The Hall–Kier alpha value is 0.440. The molecule has 0 unspecified atom stereocenters. The molecule has 6 heavy (non-hydrogen) atoms. The van der Waals surface area contributed by atoms with E-state index < -0.39 is 9.93 Å². The molecule has 0 heterocycles. The molecule has 0 N–H and O–H groups in total. The quantitative estimate of drug-likeness (QED) is 0.327. The maximum absolute atomic E-state index is 10.2. The molecule has 0 atom stereocenters. The maximum atomic E-state index is 10.2. The van der Waals surface area contributed by atoms with E-state index in [-0.39, 0.29) is 12.4 Å². The van der Waals surface area contributed by atoms with Crippen molar-refractivity contribution in [2.75, 3.05) is 18.8 Å². The lowest BCUT2D eigenvalue weighted by atomic mass is 11.9. The standard InChI is InChI=1S/C3H9OS.ClH/c1-5(2,3)4;/h1-3H3;1H/q+1;/p-1. The van der Waals surface area contributed by atoms with E-state index in [1.165, 1.54) is 0 Å². The number of hydrogen-bond acceptors (Lipinski definition) is 1. The van der Waals surface area contributed by atoms with E-state index >= 15 is 0 Å². The summed E-state index contributed by atoms with van der Waals surface area (Å²) in [7, 11) is -1.42. The zero-order valence-corrected chi connectivity index (χ0v) is 5.77. The third-order valence-corrected chi connectivity index (χ3v) is 0. The van der Waals surface area contributed by atoms with Gasteiger partial charge in [0, 0.05) is 0 Å². The van der Waals surface area contributed by atoms with Crippen LogP contribution in [-0.2, 0) is 14.1 Å². The molecule has 0 aliphatic carbocycles. The Balaban J connectivity index is 0. The molecule has 0 saturated carbocycles. The van der Waals surface area contributed by atoms with Gasteiger partial charge >= 0.3 is 0 Å². The molecule has 3 heteroatoms. The lowest BCUT2D eigenvalue weighted by Crippen LogP contribution is -3.00. The van der Waals surface area contributed by atoms with Crippen LogP contribution in [0.2, 0.25) is 0 Å². The summed E-state index contributed by atoms with van der Waals surface area (Å²) < 4.78 is 10.2. The molecule has 40 valence electrons. The minimum atomic E-state index is -1.42. The van der Waals surface area contributed by atoms with Gasteiger partial charge in [-0.25, -0.2) is 0 Å². The van der Waals surface area contributed by atoms with Crippen LogP contribution in [0.3, 0.4) is 0 Å². The van der Waals surface area contributed by atoms with Crippen molar-refractivity contribution in [3.8, 4) is 0 Å². The predicted octanol–water partition coefficient (Wildman–Crippen LogP) is -2.62. The molecule has 0 bridgehead atoms. The summed E-state index contributed by atoms with van der Waals surface area (Å²) in [4.78, 5) is 0. The smallest absolute Gasteiger partial charge is 0.101 e. The van der Waals surface area contributed by atoms with Gasteiger partial charge in [0.25, 0.3) is 0 Å². The summed E-state index contributed by atoms with van der Waals surface area (Å²) in [5.74, 6) is 0. The van der Waals surface area contributed by atoms with Crippen LogP contribution in [0.15, 0.2) is 0 Å². The number of hydrogen-bond donors (Lipinski definition) is 0. The number of rotatable bonds is 0. The van der Waals surface area contributed by atoms with Crippen molar-refractivity contribution < 1.29 is 16.6 Å². The zero-order valence-electron chi connectivity index (χ0n) is 4.19. The van der Waals surface area contributed by atoms with Crippen LogP contribution in [0, 0.1) is 0 Å². The summed E-state index contributed by atoms with van der Waals surface area (Å²) in [6, 6.07) is 0. The summed E-state index contributed by atoms with van der Waals surface area (Å²) in [6.07, 6.45) is 5.15. The van der Waals surface area contributed by atoms with E-state index in [4.69, 9.17) is 0 Å². The average molecular weight is 129 g/mol. The second kappa shape index (κ2) is 2.59. The third-order valence-electron chi connectivity index (χ3n) is 0. The van der Waals surface area contributed by atoms with E-state index in [1.54, 1.807) is 18.8 Å². The topological polar surface area (TPSA) is 17.1 Å². The van der Waals surface area contributed by atoms with Gasteiger partial charge in [-0.2, -0.15) is 0 Å². The molecule has 0 amide bonds. The Morgan fingerprint density at radius 3 is 1.17 bits per heavy atom. The van der Waals surface area contributed by atoms with Crippen LogP contribution in [0.25, 0.3) is 0 Å². The first kappa shape index (κ1) is 9.67. The highest BCUT2D eigenvalue weighted by molar-refractivity contribution is 8.00. The van der Waals surface area contributed by atoms with Gasteiger partial charge in [-0.1, -0.05) is 0 Å². The largest absolute Gasteiger partial charge is 1.00 e. The fourth-order valence-electron chi connectivity index (χ4n) is 0. The van der Waals surface area contributed by atoms with Crippen molar-refractivity contribution in [2.24, 2.45) is 0 Å². The van der Waals surface area contributed by atoms with Crippen molar-refractivity contribution in [2.45, 2.75) is 0 Å². The highest BCUT2D eigenvalue weighted by Gasteiger charge is 1.95. The van der Waals surface area contributed by atoms with Gasteiger partial charge in [0.2, 0.25) is 0 Å². The van der Waals surface area contributed by atoms with Gasteiger partial charge in [-0.05, 0) is 0 Å². The highest BCUT2D eigenvalue weighted by Crippen LogP contribution is 1.78. The van der Waals surface area contributed by atoms with Gasteiger partial charge in [-0.15, -0.1) is 4.21 Å². The third kappa shape index (κ3) is 271. The molecule has 0 aromatic carbocycles. The normalized spacial score (nSPS) is 9.83. The van der Waals surface area contributed by atoms with E-state index in [9.17, 15) is 4.21 Å². The van der Waals surface area contributed by atoms with Crippen molar-refractivity contribution in [3.05, 3.63) is 0 Å². The molecule has 0 spiro atoms. The summed E-state index contributed by atoms with van der Waals surface area (Å²) in [5, 5.41) is 0. The fourth-order valence-corrected chi connectivity index (χ4v) is 0. The van der Waals surface area contributed by atoms with Crippen LogP contribution >= 0.6 is 0 Å². The minimum absolute atomic E-state index is 0. The van der Waals surface area contributed by atoms with Crippen LogP contribution in [-0.4, -0.2) is 18.8 Å². The van der Waals surface area contributed by atoms with Gasteiger partial charge in [0.05, 0.1) is 9.93 Å². The summed E-state index contributed by atoms with van der Waals surface area (Å²) >= 11 is 0. The lowest BCUT2D eigenvalue weighted by molar-refractivity contribution is -0.00000277. The molecule has 0 aliphatic heterocycles. The van der Waals surface area contributed by atoms with E-state index in [0.29, 0.717) is 0 Å². The highest BCUT2D eigenvalue weighted by atomic mass is 35.5. The van der Waals surface area contributed by atoms with Crippen molar-refractivity contribution in [3.63, 3.8) is 0 Å². The van der Waals surface area contributed by atoms with Crippen molar-refractivity contribution >= 4 is 9.93 Å². The van der Waals surface area contributed by atoms with Crippen LogP contribution in [0.1, 0.15) is 0 Å². The van der Waals surface area contributed by atoms with Crippen molar-refractivity contribution in [1.82, 2.24) is 0 Å². The van der Waals surface area contributed by atoms with Crippen LogP contribution in [0.4, 0.5) is 0 Å². The van der Waals surface area contributed by atoms with Gasteiger partial charge in [0.15, 0.2) is 0 Å². The Morgan fingerprint density at radius 2 is 1.17 bits per heavy atom. The number of halogens is 1. The maximum Gasteiger partial charge on any atom is 0.101 e. The van der Waals surface area contributed by atoms with E-state index in [0.717, 1.165) is 0 Å². The molecule has 0 saturated heterocycles. The first-order valence-corrected chi connectivity index (χ1v) is 4.17. The molecule has 0 aromatic heterocycles. The minimum Gasteiger partial charge on any atom is -1.00 e. The summed E-state index contributed by atoms with van der Waals surface area (Å²) in [5.41, 5.74) is 0. The van der Waals surface area contributed by atoms with Gasteiger partial charge < -0.3 is 12.4 Å².